The van der Waals surface area contributed by atoms with Gasteiger partial charge >= 0.3 is 0 Å². The highest BCUT2D eigenvalue weighted by molar-refractivity contribution is 6.30. The summed E-state index contributed by atoms with van der Waals surface area (Å²) in [6.45, 7) is 0. The van der Waals surface area contributed by atoms with Crippen molar-refractivity contribution in [3.63, 3.8) is 0 Å². The first-order chi connectivity index (χ1) is 5.18. The average molecular weight is 170 g/mol. The Morgan fingerprint density at radius 2 is 1.91 bits per heavy atom. The van der Waals surface area contributed by atoms with Crippen LogP contribution < -0.4 is 5.11 Å². The second-order valence-electron chi connectivity index (χ2n) is 2.18. The second kappa shape index (κ2) is 3.39. The van der Waals surface area contributed by atoms with Crippen LogP contribution >= 0.6 is 11.6 Å². The van der Waals surface area contributed by atoms with E-state index in [2.05, 4.69) is 0 Å². The third-order valence-corrected chi connectivity index (χ3v) is 1.51. The highest BCUT2D eigenvalue weighted by atomic mass is 35.5. The highest BCUT2D eigenvalue weighted by Crippen LogP contribution is 2.09. The smallest absolute Gasteiger partial charge is 0.0458 e. The van der Waals surface area contributed by atoms with Crippen LogP contribution in [0, 0.1) is 0 Å². The predicted molar refractivity (Wildman–Crippen MR) is 40.2 cm³/mol. The number of carboxylic acid groups (broad SMARTS) is 1. The van der Waals surface area contributed by atoms with Crippen LogP contribution in [0.2, 0.25) is 5.02 Å². The first-order valence-corrected chi connectivity index (χ1v) is 3.50. The molecule has 0 saturated heterocycles. The van der Waals surface area contributed by atoms with Crippen LogP contribution in [0.4, 0.5) is 0 Å². The molecular formula is C8H6ClO2-. The molecule has 0 spiro atoms. The number of carbonyl (C=O) groups is 1. The van der Waals surface area contributed by atoms with Crippen LogP contribution in [0.1, 0.15) is 5.56 Å². The van der Waals surface area contributed by atoms with Gasteiger partial charge in [0.2, 0.25) is 0 Å². The van der Waals surface area contributed by atoms with Crippen molar-refractivity contribution in [2.45, 2.75) is 6.42 Å². The molecule has 1 aromatic rings. The summed E-state index contributed by atoms with van der Waals surface area (Å²) in [6.07, 6.45) is -0.0584. The quantitative estimate of drug-likeness (QED) is 0.652. The van der Waals surface area contributed by atoms with Crippen molar-refractivity contribution >= 4 is 17.6 Å². The third kappa shape index (κ3) is 2.60. The Bertz CT molecular complexity index is 253. The molecule has 0 saturated carbocycles. The molecule has 0 aliphatic rings. The normalized spacial score (nSPS) is 9.55. The SMILES string of the molecule is O=C([O-])Cc1ccc(Cl)cc1. The molecule has 0 aliphatic carbocycles. The fourth-order valence-corrected chi connectivity index (χ4v) is 0.895. The van der Waals surface area contributed by atoms with Gasteiger partial charge in [-0.15, -0.1) is 0 Å². The average Bonchev–Trinajstić information content (AvgIpc) is 1.93. The number of hydrogen-bond donors (Lipinski definition) is 0. The van der Waals surface area contributed by atoms with Gasteiger partial charge in [0.1, 0.15) is 0 Å². The topological polar surface area (TPSA) is 40.1 Å². The molecule has 0 N–H and O–H groups in total. The lowest BCUT2D eigenvalue weighted by atomic mass is 10.2. The van der Waals surface area contributed by atoms with Gasteiger partial charge in [-0.2, -0.15) is 0 Å². The maximum Gasteiger partial charge on any atom is 0.0458 e. The molecule has 0 fully saturated rings. The Labute approximate surface area is 69.4 Å². The van der Waals surface area contributed by atoms with Gasteiger partial charge in [-0.25, -0.2) is 0 Å². The lowest BCUT2D eigenvalue weighted by Gasteiger charge is -2.00. The van der Waals surface area contributed by atoms with Gasteiger partial charge in [-0.1, -0.05) is 23.7 Å². The predicted octanol–water partition coefficient (Wildman–Crippen LogP) is 0.632. The van der Waals surface area contributed by atoms with Crippen LogP contribution in [0.3, 0.4) is 0 Å². The molecule has 11 heavy (non-hydrogen) atoms. The summed E-state index contributed by atoms with van der Waals surface area (Å²) in [6, 6.07) is 6.63. The maximum atomic E-state index is 10.1. The number of carboxylic acids is 1. The molecule has 1 rings (SSSR count). The fraction of sp³-hybridized carbons (Fsp3) is 0.125. The van der Waals surface area contributed by atoms with Gasteiger partial charge in [0.25, 0.3) is 0 Å². The van der Waals surface area contributed by atoms with Gasteiger partial charge in [-0.05, 0) is 17.7 Å². The monoisotopic (exact) mass is 169 g/mol. The van der Waals surface area contributed by atoms with E-state index < -0.39 is 5.97 Å². The van der Waals surface area contributed by atoms with E-state index in [4.69, 9.17) is 11.6 Å². The minimum Gasteiger partial charge on any atom is -0.550 e. The number of hydrogen-bond acceptors (Lipinski definition) is 2. The van der Waals surface area contributed by atoms with Crippen LogP contribution in [-0.4, -0.2) is 5.97 Å². The van der Waals surface area contributed by atoms with E-state index in [-0.39, 0.29) is 6.42 Å². The van der Waals surface area contributed by atoms with Gasteiger partial charge in [0.05, 0.1) is 0 Å². The lowest BCUT2D eigenvalue weighted by Crippen LogP contribution is -2.24. The largest absolute Gasteiger partial charge is 0.550 e. The van der Waals surface area contributed by atoms with E-state index in [9.17, 15) is 9.90 Å². The third-order valence-electron chi connectivity index (χ3n) is 1.26. The molecule has 0 aromatic heterocycles. The standard InChI is InChI=1S/C8H7ClO2/c9-7-3-1-6(2-4-7)5-8(10)11/h1-4H,5H2,(H,10,11)/p-1. The van der Waals surface area contributed by atoms with Crippen LogP contribution in [-0.2, 0) is 11.2 Å². The van der Waals surface area contributed by atoms with Crippen molar-refractivity contribution in [2.24, 2.45) is 0 Å². The van der Waals surface area contributed by atoms with E-state index >= 15 is 0 Å². The Morgan fingerprint density at radius 1 is 1.36 bits per heavy atom. The van der Waals surface area contributed by atoms with Crippen molar-refractivity contribution in [3.05, 3.63) is 34.9 Å². The van der Waals surface area contributed by atoms with Crippen molar-refractivity contribution in [3.8, 4) is 0 Å². The van der Waals surface area contributed by atoms with E-state index in [1.165, 1.54) is 0 Å². The highest BCUT2D eigenvalue weighted by Gasteiger charge is 1.91. The first-order valence-electron chi connectivity index (χ1n) is 3.13. The summed E-state index contributed by atoms with van der Waals surface area (Å²) in [5, 5.41) is 10.7. The molecule has 2 nitrogen and oxygen atoms in total. The molecule has 0 unspecified atom stereocenters. The number of carbonyl (C=O) groups excluding carboxylic acids is 1. The molecule has 0 atom stereocenters. The Kier molecular flexibility index (Phi) is 2.49. The van der Waals surface area contributed by atoms with Crippen LogP contribution in [0.25, 0.3) is 0 Å². The molecular weight excluding hydrogens is 164 g/mol. The number of aliphatic carboxylic acids is 1. The molecule has 58 valence electrons. The van der Waals surface area contributed by atoms with Gasteiger partial charge in [0.15, 0.2) is 0 Å². The zero-order valence-corrected chi connectivity index (χ0v) is 6.47. The van der Waals surface area contributed by atoms with Crippen LogP contribution in [0.5, 0.6) is 0 Å². The molecule has 0 radical (unpaired) electrons. The number of rotatable bonds is 2. The van der Waals surface area contributed by atoms with Crippen molar-refractivity contribution in [2.75, 3.05) is 0 Å². The maximum absolute atomic E-state index is 10.1. The van der Waals surface area contributed by atoms with Crippen molar-refractivity contribution in [1.29, 1.82) is 0 Å². The molecule has 0 aliphatic heterocycles. The second-order valence-corrected chi connectivity index (χ2v) is 2.61. The van der Waals surface area contributed by atoms with E-state index in [0.717, 1.165) is 0 Å². The Morgan fingerprint density at radius 3 is 2.36 bits per heavy atom. The fourth-order valence-electron chi connectivity index (χ4n) is 0.769. The minimum atomic E-state index is -1.08. The van der Waals surface area contributed by atoms with E-state index in [0.29, 0.717) is 10.6 Å². The zero-order valence-electron chi connectivity index (χ0n) is 5.71. The van der Waals surface area contributed by atoms with Crippen molar-refractivity contribution in [1.82, 2.24) is 0 Å². The van der Waals surface area contributed by atoms with Gasteiger partial charge < -0.3 is 9.90 Å². The molecule has 0 bridgehead atoms. The van der Waals surface area contributed by atoms with Crippen LogP contribution in [0.15, 0.2) is 24.3 Å². The molecule has 3 heteroatoms. The summed E-state index contributed by atoms with van der Waals surface area (Å²) in [5.41, 5.74) is 0.703. The van der Waals surface area contributed by atoms with Crippen molar-refractivity contribution < 1.29 is 9.90 Å². The summed E-state index contributed by atoms with van der Waals surface area (Å²) in [5.74, 6) is -1.08. The number of halogens is 1. The van der Waals surface area contributed by atoms with Gasteiger partial charge in [-0.3, -0.25) is 0 Å². The molecule has 0 heterocycles. The summed E-state index contributed by atoms with van der Waals surface area (Å²) in [4.78, 5) is 10.1. The Hall–Kier alpha value is -1.02. The summed E-state index contributed by atoms with van der Waals surface area (Å²) < 4.78 is 0. The number of benzene rings is 1. The molecule has 1 aromatic carbocycles. The zero-order chi connectivity index (χ0) is 8.27. The van der Waals surface area contributed by atoms with Gasteiger partial charge in [0, 0.05) is 17.4 Å². The van der Waals surface area contributed by atoms with E-state index in [1.807, 2.05) is 0 Å². The first kappa shape index (κ1) is 8.08. The minimum absolute atomic E-state index is 0.0584. The Balaban J connectivity index is 2.74. The van der Waals surface area contributed by atoms with E-state index in [1.54, 1.807) is 24.3 Å². The molecule has 0 amide bonds. The summed E-state index contributed by atoms with van der Waals surface area (Å²) >= 11 is 5.59. The summed E-state index contributed by atoms with van der Waals surface area (Å²) in [7, 11) is 0. The lowest BCUT2D eigenvalue weighted by molar-refractivity contribution is -0.304.